The summed E-state index contributed by atoms with van der Waals surface area (Å²) in [5.74, 6) is -0.341. The van der Waals surface area contributed by atoms with E-state index < -0.39 is 5.54 Å². The fraction of sp³-hybridized carbons (Fsp3) is 0.923. The second-order valence-corrected chi connectivity index (χ2v) is 5.30. The van der Waals surface area contributed by atoms with Gasteiger partial charge in [-0.3, -0.25) is 4.79 Å². The highest BCUT2D eigenvalue weighted by atomic mass is 16.5. The Labute approximate surface area is 111 Å². The van der Waals surface area contributed by atoms with Gasteiger partial charge in [0.05, 0.1) is 7.11 Å². The predicted octanol–water partition coefficient (Wildman–Crippen LogP) is 0.541. The van der Waals surface area contributed by atoms with Crippen molar-refractivity contribution in [1.82, 2.24) is 9.80 Å². The SMILES string of the molecule is CCCN(CCN(C)C)CCC(C)(N)C(=O)OC. The first-order valence-electron chi connectivity index (χ1n) is 6.58. The fourth-order valence-corrected chi connectivity index (χ4v) is 1.72. The molecule has 0 aliphatic heterocycles. The summed E-state index contributed by atoms with van der Waals surface area (Å²) in [4.78, 5) is 16.0. The van der Waals surface area contributed by atoms with Crippen LogP contribution in [0.4, 0.5) is 0 Å². The molecular formula is C13H29N3O2. The molecule has 0 heterocycles. The maximum absolute atomic E-state index is 11.5. The van der Waals surface area contributed by atoms with Crippen molar-refractivity contribution in [1.29, 1.82) is 0 Å². The van der Waals surface area contributed by atoms with Crippen molar-refractivity contribution in [2.75, 3.05) is 47.4 Å². The van der Waals surface area contributed by atoms with Crippen molar-refractivity contribution in [2.45, 2.75) is 32.2 Å². The zero-order valence-corrected chi connectivity index (χ0v) is 12.5. The molecule has 0 aliphatic carbocycles. The van der Waals surface area contributed by atoms with Crippen molar-refractivity contribution in [2.24, 2.45) is 5.73 Å². The van der Waals surface area contributed by atoms with Gasteiger partial charge in [0, 0.05) is 19.6 Å². The van der Waals surface area contributed by atoms with Crippen LogP contribution in [0.5, 0.6) is 0 Å². The van der Waals surface area contributed by atoms with Gasteiger partial charge in [-0.15, -0.1) is 0 Å². The molecule has 0 aromatic rings. The topological polar surface area (TPSA) is 58.8 Å². The van der Waals surface area contributed by atoms with Crippen LogP contribution < -0.4 is 5.73 Å². The summed E-state index contributed by atoms with van der Waals surface area (Å²) < 4.78 is 4.71. The molecule has 5 heteroatoms. The number of hydrogen-bond acceptors (Lipinski definition) is 5. The van der Waals surface area contributed by atoms with Crippen LogP contribution in [0.2, 0.25) is 0 Å². The minimum atomic E-state index is -0.890. The van der Waals surface area contributed by atoms with Crippen LogP contribution in [0.25, 0.3) is 0 Å². The summed E-state index contributed by atoms with van der Waals surface area (Å²) in [7, 11) is 5.50. The lowest BCUT2D eigenvalue weighted by atomic mass is 9.99. The van der Waals surface area contributed by atoms with E-state index in [9.17, 15) is 4.79 Å². The van der Waals surface area contributed by atoms with Crippen molar-refractivity contribution >= 4 is 5.97 Å². The average molecular weight is 259 g/mol. The molecule has 0 bridgehead atoms. The summed E-state index contributed by atoms with van der Waals surface area (Å²) in [5.41, 5.74) is 5.07. The van der Waals surface area contributed by atoms with Gasteiger partial charge in [0.2, 0.25) is 0 Å². The number of ether oxygens (including phenoxy) is 1. The maximum Gasteiger partial charge on any atom is 0.325 e. The number of esters is 1. The van der Waals surface area contributed by atoms with E-state index in [1.165, 1.54) is 7.11 Å². The summed E-state index contributed by atoms with van der Waals surface area (Å²) in [6.45, 7) is 7.76. The van der Waals surface area contributed by atoms with Gasteiger partial charge in [-0.25, -0.2) is 0 Å². The molecule has 0 rings (SSSR count). The molecule has 0 fully saturated rings. The standard InChI is InChI=1S/C13H29N3O2/c1-6-8-16(11-10-15(3)4)9-7-13(2,14)12(17)18-5/h6-11,14H2,1-5H3. The Morgan fingerprint density at radius 2 is 1.83 bits per heavy atom. The maximum atomic E-state index is 11.5. The van der Waals surface area contributed by atoms with Gasteiger partial charge in [0.15, 0.2) is 0 Å². The summed E-state index contributed by atoms with van der Waals surface area (Å²) in [6.07, 6.45) is 1.72. The number of carbonyl (C=O) groups excluding carboxylic acids is 1. The zero-order chi connectivity index (χ0) is 14.2. The van der Waals surface area contributed by atoms with Gasteiger partial charge in [0.25, 0.3) is 0 Å². The third kappa shape index (κ3) is 6.93. The molecule has 0 aliphatic rings. The molecular weight excluding hydrogens is 230 g/mol. The molecule has 0 spiro atoms. The smallest absolute Gasteiger partial charge is 0.325 e. The van der Waals surface area contributed by atoms with Crippen molar-refractivity contribution < 1.29 is 9.53 Å². The summed E-state index contributed by atoms with van der Waals surface area (Å²) in [5, 5.41) is 0. The average Bonchev–Trinajstić information content (AvgIpc) is 2.31. The Bertz CT molecular complexity index is 242. The number of carbonyl (C=O) groups is 1. The highest BCUT2D eigenvalue weighted by Crippen LogP contribution is 2.09. The molecule has 18 heavy (non-hydrogen) atoms. The molecule has 0 saturated carbocycles. The lowest BCUT2D eigenvalue weighted by Crippen LogP contribution is -2.48. The third-order valence-corrected chi connectivity index (χ3v) is 3.00. The van der Waals surface area contributed by atoms with E-state index in [2.05, 4.69) is 30.8 Å². The quantitative estimate of drug-likeness (QED) is 0.613. The fourth-order valence-electron chi connectivity index (χ4n) is 1.72. The number of nitrogens with two attached hydrogens (primary N) is 1. The first-order valence-corrected chi connectivity index (χ1v) is 6.58. The van der Waals surface area contributed by atoms with E-state index in [1.54, 1.807) is 6.92 Å². The Morgan fingerprint density at radius 3 is 2.28 bits per heavy atom. The van der Waals surface area contributed by atoms with E-state index in [1.807, 2.05) is 0 Å². The van der Waals surface area contributed by atoms with Crippen LogP contribution >= 0.6 is 0 Å². The largest absolute Gasteiger partial charge is 0.468 e. The van der Waals surface area contributed by atoms with Crippen LogP contribution in [-0.2, 0) is 9.53 Å². The molecule has 2 N–H and O–H groups in total. The molecule has 108 valence electrons. The molecule has 1 atom stereocenters. The molecule has 0 saturated heterocycles. The molecule has 1 unspecified atom stereocenters. The molecule has 0 aromatic carbocycles. The molecule has 0 aromatic heterocycles. The monoisotopic (exact) mass is 259 g/mol. The van der Waals surface area contributed by atoms with Gasteiger partial charge in [-0.05, 0) is 40.4 Å². The summed E-state index contributed by atoms with van der Waals surface area (Å²) >= 11 is 0. The number of likely N-dealkylation sites (N-methyl/N-ethyl adjacent to an activating group) is 1. The molecule has 0 radical (unpaired) electrons. The minimum Gasteiger partial charge on any atom is -0.468 e. The van der Waals surface area contributed by atoms with Crippen molar-refractivity contribution in [3.8, 4) is 0 Å². The second kappa shape index (κ2) is 8.45. The van der Waals surface area contributed by atoms with Crippen LogP contribution in [0.15, 0.2) is 0 Å². The van der Waals surface area contributed by atoms with E-state index in [0.717, 1.165) is 32.6 Å². The van der Waals surface area contributed by atoms with Crippen LogP contribution in [0, 0.1) is 0 Å². The van der Waals surface area contributed by atoms with E-state index in [-0.39, 0.29) is 5.97 Å². The number of hydrogen-bond donors (Lipinski definition) is 1. The highest BCUT2D eigenvalue weighted by Gasteiger charge is 2.29. The molecule has 0 amide bonds. The van der Waals surface area contributed by atoms with E-state index in [0.29, 0.717) is 6.42 Å². The van der Waals surface area contributed by atoms with Crippen molar-refractivity contribution in [3.05, 3.63) is 0 Å². The Balaban J connectivity index is 4.20. The predicted molar refractivity (Wildman–Crippen MR) is 74.5 cm³/mol. The second-order valence-electron chi connectivity index (χ2n) is 5.30. The van der Waals surface area contributed by atoms with Crippen molar-refractivity contribution in [3.63, 3.8) is 0 Å². The first kappa shape index (κ1) is 17.4. The number of rotatable bonds is 9. The van der Waals surface area contributed by atoms with Gasteiger partial charge in [-0.1, -0.05) is 6.92 Å². The van der Waals surface area contributed by atoms with Crippen LogP contribution in [0.3, 0.4) is 0 Å². The Hall–Kier alpha value is -0.650. The lowest BCUT2D eigenvalue weighted by Gasteiger charge is -2.28. The first-order chi connectivity index (χ1) is 8.33. The van der Waals surface area contributed by atoms with Crippen LogP contribution in [0.1, 0.15) is 26.7 Å². The third-order valence-electron chi connectivity index (χ3n) is 3.00. The van der Waals surface area contributed by atoms with Gasteiger partial charge >= 0.3 is 5.97 Å². The number of nitrogens with zero attached hydrogens (tertiary/aromatic N) is 2. The highest BCUT2D eigenvalue weighted by molar-refractivity contribution is 5.79. The van der Waals surface area contributed by atoms with Gasteiger partial charge in [-0.2, -0.15) is 0 Å². The Kier molecular flexibility index (Phi) is 8.15. The van der Waals surface area contributed by atoms with E-state index in [4.69, 9.17) is 10.5 Å². The normalized spacial score (nSPS) is 14.9. The van der Waals surface area contributed by atoms with Gasteiger partial charge < -0.3 is 20.3 Å². The van der Waals surface area contributed by atoms with E-state index >= 15 is 0 Å². The van der Waals surface area contributed by atoms with Gasteiger partial charge in [0.1, 0.15) is 5.54 Å². The minimum absolute atomic E-state index is 0.341. The lowest BCUT2D eigenvalue weighted by molar-refractivity contribution is -0.146. The Morgan fingerprint density at radius 1 is 1.22 bits per heavy atom. The zero-order valence-electron chi connectivity index (χ0n) is 12.5. The van der Waals surface area contributed by atoms with Crippen LogP contribution in [-0.4, -0.2) is 68.7 Å². The molecule has 5 nitrogen and oxygen atoms in total. The number of methoxy groups -OCH3 is 1. The summed E-state index contributed by atoms with van der Waals surface area (Å²) in [6, 6.07) is 0.